The molecule has 1 unspecified atom stereocenters. The van der Waals surface area contributed by atoms with Crippen LogP contribution in [0.25, 0.3) is 21.9 Å². The van der Waals surface area contributed by atoms with Crippen LogP contribution in [0.4, 0.5) is 5.82 Å². The summed E-state index contributed by atoms with van der Waals surface area (Å²) in [6, 6.07) is 9.95. The van der Waals surface area contributed by atoms with Gasteiger partial charge in [-0.25, -0.2) is 4.98 Å². The zero-order chi connectivity index (χ0) is 42.0. The molecule has 1 spiro atoms. The number of aromatic nitrogens is 2. The quantitative estimate of drug-likeness (QED) is 0.205. The highest BCUT2D eigenvalue weighted by molar-refractivity contribution is 6.23. The number of likely N-dealkylation sites (tertiary alicyclic amines) is 2. The third-order valence-corrected chi connectivity index (χ3v) is 12.5. The molecule has 0 radical (unpaired) electrons. The molecule has 1 N–H and O–H groups in total. The van der Waals surface area contributed by atoms with Crippen molar-refractivity contribution >= 4 is 40.2 Å². The highest BCUT2D eigenvalue weighted by Gasteiger charge is 2.47. The third-order valence-electron chi connectivity index (χ3n) is 12.5. The Kier molecular flexibility index (Phi) is 10.1. The predicted octanol–water partition coefficient (Wildman–Crippen LogP) is 3.81. The van der Waals surface area contributed by atoms with E-state index in [4.69, 9.17) is 9.47 Å². The molecule has 4 aliphatic rings. The Balaban J connectivity index is 0.922. The largest absolute Gasteiger partial charge is 0.496 e. The van der Waals surface area contributed by atoms with E-state index in [-0.39, 0.29) is 34.9 Å². The minimum Gasteiger partial charge on any atom is -0.496 e. The van der Waals surface area contributed by atoms with E-state index in [1.807, 2.05) is 43.4 Å². The molecule has 6 heterocycles. The van der Waals surface area contributed by atoms with Crippen molar-refractivity contribution in [1.29, 1.82) is 0 Å². The summed E-state index contributed by atoms with van der Waals surface area (Å²) in [7, 11) is 8.95. The van der Waals surface area contributed by atoms with Crippen molar-refractivity contribution in [2.75, 3.05) is 59.4 Å². The van der Waals surface area contributed by atoms with Gasteiger partial charge in [-0.2, -0.15) is 0 Å². The molecule has 4 amide bonds. The highest BCUT2D eigenvalue weighted by atomic mass is 16.5. The number of rotatable bonds is 8. The van der Waals surface area contributed by atoms with E-state index in [1.165, 1.54) is 0 Å². The van der Waals surface area contributed by atoms with E-state index in [0.29, 0.717) is 17.5 Å². The van der Waals surface area contributed by atoms with E-state index in [2.05, 4.69) is 45.8 Å². The number of nitrogens with one attached hydrogen (secondary N) is 1. The molecule has 2 aromatic heterocycles. The number of aryl methyl sites for hydroxylation is 1. The lowest BCUT2D eigenvalue weighted by atomic mass is 9.71. The molecule has 306 valence electrons. The Labute approximate surface area is 343 Å². The van der Waals surface area contributed by atoms with Gasteiger partial charge < -0.3 is 18.9 Å². The van der Waals surface area contributed by atoms with Crippen molar-refractivity contribution in [3.8, 4) is 34.5 Å². The van der Waals surface area contributed by atoms with Gasteiger partial charge in [0.15, 0.2) is 0 Å². The van der Waals surface area contributed by atoms with Gasteiger partial charge in [-0.1, -0.05) is 11.8 Å². The van der Waals surface area contributed by atoms with Crippen LogP contribution in [0.2, 0.25) is 0 Å². The Morgan fingerprint density at radius 2 is 1.59 bits per heavy atom. The summed E-state index contributed by atoms with van der Waals surface area (Å²) >= 11 is 0. The van der Waals surface area contributed by atoms with Gasteiger partial charge in [0.1, 0.15) is 23.4 Å². The number of benzene rings is 2. The first-order chi connectivity index (χ1) is 28.1. The zero-order valence-corrected chi connectivity index (χ0v) is 34.6. The van der Waals surface area contributed by atoms with Crippen LogP contribution in [0, 0.1) is 17.3 Å². The Hall–Kier alpha value is -6.04. The van der Waals surface area contributed by atoms with Crippen molar-refractivity contribution in [1.82, 2.24) is 29.6 Å². The van der Waals surface area contributed by atoms with Gasteiger partial charge in [0.05, 0.1) is 41.8 Å². The molecule has 3 saturated heterocycles. The van der Waals surface area contributed by atoms with Crippen LogP contribution in [0.3, 0.4) is 0 Å². The minimum absolute atomic E-state index is 0.0708. The summed E-state index contributed by atoms with van der Waals surface area (Å²) in [6.45, 7) is 8.61. The van der Waals surface area contributed by atoms with Crippen LogP contribution in [-0.4, -0.2) is 114 Å². The van der Waals surface area contributed by atoms with Crippen LogP contribution < -0.4 is 25.2 Å². The number of ether oxygens (including phenoxy) is 2. The lowest BCUT2D eigenvalue weighted by Gasteiger charge is -2.55. The SMILES string of the molecule is COc1cc(-c2cn(C)c(=O)c3cnc(N(C)C)cc23)cc(OC)c1CN1CC2(CCN(C(C)(C)C#Cc3ccc4c(c3)C(=O)N(C3CCC(=O)NC3=O)C4=O)CC2)C1. The Bertz CT molecular complexity index is 2530. The van der Waals surface area contributed by atoms with Crippen LogP contribution in [0.5, 0.6) is 11.5 Å². The van der Waals surface area contributed by atoms with Crippen LogP contribution in [0.15, 0.2) is 53.6 Å². The van der Waals surface area contributed by atoms with E-state index >= 15 is 0 Å². The molecule has 4 aromatic rings. The number of hydrogen-bond donors (Lipinski definition) is 1. The van der Waals surface area contributed by atoms with E-state index in [9.17, 15) is 24.0 Å². The fourth-order valence-corrected chi connectivity index (χ4v) is 9.07. The minimum atomic E-state index is -1.01. The van der Waals surface area contributed by atoms with Gasteiger partial charge in [0.2, 0.25) is 11.8 Å². The highest BCUT2D eigenvalue weighted by Crippen LogP contribution is 2.45. The van der Waals surface area contributed by atoms with Crippen LogP contribution in [0.1, 0.15) is 71.4 Å². The lowest BCUT2D eigenvalue weighted by molar-refractivity contribution is -0.136. The molecule has 4 aliphatic heterocycles. The summed E-state index contributed by atoms with van der Waals surface area (Å²) in [5.41, 5.74) is 3.49. The molecule has 1 atom stereocenters. The molecule has 8 rings (SSSR count). The lowest BCUT2D eigenvalue weighted by Crippen LogP contribution is -2.61. The van der Waals surface area contributed by atoms with Crippen molar-refractivity contribution in [2.24, 2.45) is 12.5 Å². The summed E-state index contributed by atoms with van der Waals surface area (Å²) < 4.78 is 13.6. The first kappa shape index (κ1) is 39.8. The molecule has 0 bridgehead atoms. The molecular formula is C45H49N7O7. The zero-order valence-electron chi connectivity index (χ0n) is 34.6. The van der Waals surface area contributed by atoms with Crippen molar-refractivity contribution < 1.29 is 28.7 Å². The summed E-state index contributed by atoms with van der Waals surface area (Å²) in [5.74, 6) is 6.77. The standard InChI is InChI=1S/C45H49N7O7/c1-44(2,13-12-27-8-9-29-31(18-27)43(57)52(42(29)56)35-10-11-39(53)47-40(35)54)51-16-14-45(15-17-51)25-50(26-45)24-34-36(58-6)19-28(20-37(34)59-7)33-23-49(5)41(55)32-22-46-38(48(3)4)21-30(32)33/h8-9,18-23,35H,10-11,14-17,24-26H2,1-7H3,(H,47,53,54). The van der Waals surface area contributed by atoms with Crippen LogP contribution in [-0.2, 0) is 23.2 Å². The number of piperidine rings is 2. The second-order valence-electron chi connectivity index (χ2n) is 16.9. The number of imide groups is 2. The summed E-state index contributed by atoms with van der Waals surface area (Å²) in [4.78, 5) is 75.8. The predicted molar refractivity (Wildman–Crippen MR) is 222 cm³/mol. The molecule has 14 heteroatoms. The second kappa shape index (κ2) is 15.0. The average Bonchev–Trinajstić information content (AvgIpc) is 3.45. The molecule has 2 aromatic carbocycles. The third kappa shape index (κ3) is 7.12. The molecule has 14 nitrogen and oxygen atoms in total. The number of hydrogen-bond acceptors (Lipinski definition) is 11. The van der Waals surface area contributed by atoms with Crippen molar-refractivity contribution in [3.63, 3.8) is 0 Å². The normalized spacial score (nSPS) is 19.3. The molecule has 0 saturated carbocycles. The van der Waals surface area contributed by atoms with Gasteiger partial charge in [-0.05, 0) is 80.5 Å². The van der Waals surface area contributed by atoms with Crippen LogP contribution >= 0.6 is 0 Å². The van der Waals surface area contributed by atoms with Gasteiger partial charge in [0, 0.05) is 89.2 Å². The maximum absolute atomic E-state index is 13.3. The van der Waals surface area contributed by atoms with E-state index in [0.717, 1.165) is 83.3 Å². The molecule has 59 heavy (non-hydrogen) atoms. The van der Waals surface area contributed by atoms with Gasteiger partial charge >= 0.3 is 0 Å². The monoisotopic (exact) mass is 799 g/mol. The first-order valence-electron chi connectivity index (χ1n) is 19.9. The van der Waals surface area contributed by atoms with Crippen molar-refractivity contribution in [3.05, 3.63) is 81.4 Å². The fourth-order valence-electron chi connectivity index (χ4n) is 9.07. The smallest absolute Gasteiger partial charge is 0.262 e. The van der Waals surface area contributed by atoms with E-state index < -0.39 is 35.2 Å². The van der Waals surface area contributed by atoms with Gasteiger partial charge in [0.25, 0.3) is 17.4 Å². The number of pyridine rings is 2. The molecule has 0 aliphatic carbocycles. The average molecular weight is 800 g/mol. The van der Waals surface area contributed by atoms with Crippen molar-refractivity contribution in [2.45, 2.75) is 57.7 Å². The number of methoxy groups -OCH3 is 2. The number of anilines is 1. The molecule has 3 fully saturated rings. The first-order valence-corrected chi connectivity index (χ1v) is 19.9. The van der Waals surface area contributed by atoms with Gasteiger partial charge in [-0.15, -0.1) is 0 Å². The topological polar surface area (TPSA) is 147 Å². The fraction of sp³-hybridized carbons (Fsp3) is 0.422. The molecular weight excluding hydrogens is 751 g/mol. The Morgan fingerprint density at radius 3 is 2.24 bits per heavy atom. The van der Waals surface area contributed by atoms with E-state index in [1.54, 1.807) is 50.2 Å². The summed E-state index contributed by atoms with van der Waals surface area (Å²) in [6.07, 6.45) is 5.76. The Morgan fingerprint density at radius 1 is 0.915 bits per heavy atom. The summed E-state index contributed by atoms with van der Waals surface area (Å²) in [5, 5.41) is 3.59. The number of nitrogens with zero attached hydrogens (tertiary/aromatic N) is 6. The number of carbonyl (C=O) groups is 4. The number of carbonyl (C=O) groups excluding carboxylic acids is 4. The maximum atomic E-state index is 13.3. The second-order valence-corrected chi connectivity index (χ2v) is 16.9. The number of fused-ring (bicyclic) bond motifs is 2. The maximum Gasteiger partial charge on any atom is 0.262 e. The number of amides is 4. The van der Waals surface area contributed by atoms with Gasteiger partial charge in [-0.3, -0.25) is 44.0 Å².